The Kier molecular flexibility index (Phi) is 7.24. The summed E-state index contributed by atoms with van der Waals surface area (Å²) in [5.74, 6) is -0.577. The van der Waals surface area contributed by atoms with Crippen LogP contribution >= 0.6 is 0 Å². The predicted octanol–water partition coefficient (Wildman–Crippen LogP) is 2.52. The number of carbonyl (C=O) groups excluding carboxylic acids is 2. The van der Waals surface area contributed by atoms with Crippen molar-refractivity contribution in [3.8, 4) is 6.07 Å². The minimum Gasteiger partial charge on any atom is -0.361 e. The first-order valence-electron chi connectivity index (χ1n) is 12.6. The highest BCUT2D eigenvalue weighted by Gasteiger charge is 2.32. The number of sulfonamides is 1. The molecule has 0 saturated heterocycles. The highest BCUT2D eigenvalue weighted by Crippen LogP contribution is 2.25. The zero-order valence-corrected chi connectivity index (χ0v) is 22.2. The quantitative estimate of drug-likeness (QED) is 0.313. The summed E-state index contributed by atoms with van der Waals surface area (Å²) in [6.07, 6.45) is 4.13. The van der Waals surface area contributed by atoms with E-state index in [1.165, 1.54) is 6.07 Å². The summed E-state index contributed by atoms with van der Waals surface area (Å²) >= 11 is 0. The van der Waals surface area contributed by atoms with E-state index in [2.05, 4.69) is 21.1 Å². The first-order chi connectivity index (χ1) is 18.8. The number of nitrogens with one attached hydrogen (secondary N) is 3. The number of nitrogens with zero attached hydrogens (tertiary/aromatic N) is 3. The normalized spacial score (nSPS) is 14.0. The van der Waals surface area contributed by atoms with Gasteiger partial charge in [0.05, 0.1) is 4.90 Å². The largest absolute Gasteiger partial charge is 0.361 e. The first-order valence-corrected chi connectivity index (χ1v) is 14.1. The van der Waals surface area contributed by atoms with Gasteiger partial charge in [0.1, 0.15) is 17.8 Å². The molecule has 2 aromatic heterocycles. The van der Waals surface area contributed by atoms with Crippen LogP contribution in [0, 0.1) is 11.3 Å². The van der Waals surface area contributed by atoms with Crippen molar-refractivity contribution in [1.82, 2.24) is 24.5 Å². The molecule has 2 amide bonds. The Hall–Kier alpha value is -4.40. The molecule has 1 aliphatic rings. The van der Waals surface area contributed by atoms with Gasteiger partial charge in [0.2, 0.25) is 15.9 Å². The molecule has 1 unspecified atom stereocenters. The number of aromatic amines is 1. The lowest BCUT2D eigenvalue weighted by Crippen LogP contribution is -2.50. The van der Waals surface area contributed by atoms with Crippen molar-refractivity contribution in [3.63, 3.8) is 0 Å². The fourth-order valence-electron chi connectivity index (χ4n) is 5.00. The van der Waals surface area contributed by atoms with Gasteiger partial charge in [-0.05, 0) is 66.4 Å². The van der Waals surface area contributed by atoms with Crippen molar-refractivity contribution in [2.45, 2.75) is 36.9 Å². The molecule has 0 fully saturated rings. The fraction of sp³-hybridized carbons (Fsp3) is 0.250. The summed E-state index contributed by atoms with van der Waals surface area (Å²) in [5.41, 5.74) is 3.50. The van der Waals surface area contributed by atoms with Crippen LogP contribution in [0.5, 0.6) is 0 Å². The molecule has 200 valence electrons. The molecule has 0 bridgehead atoms. The average molecular weight is 545 g/mol. The van der Waals surface area contributed by atoms with Crippen LogP contribution in [0.2, 0.25) is 0 Å². The van der Waals surface area contributed by atoms with Crippen LogP contribution in [0.1, 0.15) is 33.6 Å². The zero-order valence-electron chi connectivity index (χ0n) is 21.3. The average Bonchev–Trinajstić information content (AvgIpc) is 3.62. The smallest absolute Gasteiger partial charge is 0.251 e. The standard InChI is InChI=1S/C28H28N6O4S/c1-30-27(35)20-8-7-19-10-14-34(18-21(19)16-20)28(36)25(11-15-33-13-3-4-22(33)17-29)32-39(37,38)26-6-2-5-24-23(26)9-12-31-24/h2-9,12-13,16,25,31-32H,10-11,14-15,18H2,1H3,(H,30,35). The van der Waals surface area contributed by atoms with Gasteiger partial charge in [0.15, 0.2) is 0 Å². The van der Waals surface area contributed by atoms with E-state index in [0.29, 0.717) is 35.1 Å². The van der Waals surface area contributed by atoms with Crippen LogP contribution in [0.3, 0.4) is 0 Å². The number of benzene rings is 2. The van der Waals surface area contributed by atoms with Gasteiger partial charge in [-0.1, -0.05) is 12.1 Å². The number of nitriles is 1. The lowest BCUT2D eigenvalue weighted by molar-refractivity contribution is -0.134. The number of rotatable bonds is 8. The number of aryl methyl sites for hydroxylation is 1. The van der Waals surface area contributed by atoms with Crippen molar-refractivity contribution in [3.05, 3.63) is 89.4 Å². The van der Waals surface area contributed by atoms with Crippen LogP contribution < -0.4 is 10.0 Å². The van der Waals surface area contributed by atoms with Gasteiger partial charge >= 0.3 is 0 Å². The summed E-state index contributed by atoms with van der Waals surface area (Å²) in [4.78, 5) is 30.7. The molecule has 0 aliphatic carbocycles. The molecule has 1 aliphatic heterocycles. The van der Waals surface area contributed by atoms with E-state index in [1.807, 2.05) is 6.07 Å². The predicted molar refractivity (Wildman–Crippen MR) is 145 cm³/mol. The van der Waals surface area contributed by atoms with Crippen molar-refractivity contribution in [2.75, 3.05) is 13.6 Å². The minimum absolute atomic E-state index is 0.0805. The van der Waals surface area contributed by atoms with Crippen molar-refractivity contribution >= 4 is 32.7 Å². The molecule has 39 heavy (non-hydrogen) atoms. The molecule has 10 nitrogen and oxygen atoms in total. The number of amides is 2. The van der Waals surface area contributed by atoms with Gasteiger partial charge in [-0.3, -0.25) is 9.59 Å². The Morgan fingerprint density at radius 2 is 1.97 bits per heavy atom. The van der Waals surface area contributed by atoms with Crippen LogP contribution in [-0.2, 0) is 34.3 Å². The molecule has 0 saturated carbocycles. The first kappa shape index (κ1) is 26.2. The molecule has 4 aromatic rings. The van der Waals surface area contributed by atoms with Crippen molar-refractivity contribution in [1.29, 1.82) is 5.26 Å². The molecular weight excluding hydrogens is 516 g/mol. The third-order valence-electron chi connectivity index (χ3n) is 7.06. The van der Waals surface area contributed by atoms with Crippen molar-refractivity contribution < 1.29 is 18.0 Å². The molecule has 0 radical (unpaired) electrons. The molecule has 1 atom stereocenters. The zero-order chi connectivity index (χ0) is 27.6. The summed E-state index contributed by atoms with van der Waals surface area (Å²) in [5, 5.41) is 12.5. The number of aromatic nitrogens is 2. The Balaban J connectivity index is 1.43. The van der Waals surface area contributed by atoms with E-state index >= 15 is 0 Å². The second-order valence-corrected chi connectivity index (χ2v) is 11.1. The van der Waals surface area contributed by atoms with E-state index in [-0.39, 0.29) is 36.2 Å². The summed E-state index contributed by atoms with van der Waals surface area (Å²) in [6, 6.07) is 16.5. The molecule has 0 spiro atoms. The highest BCUT2D eigenvalue weighted by molar-refractivity contribution is 7.89. The lowest BCUT2D eigenvalue weighted by atomic mass is 9.96. The maximum absolute atomic E-state index is 13.9. The Labute approximate surface area is 226 Å². The topological polar surface area (TPSA) is 140 Å². The minimum atomic E-state index is -4.07. The third-order valence-corrected chi connectivity index (χ3v) is 8.59. The summed E-state index contributed by atoms with van der Waals surface area (Å²) in [6.45, 7) is 0.954. The number of hydrogen-bond acceptors (Lipinski definition) is 5. The summed E-state index contributed by atoms with van der Waals surface area (Å²) < 4.78 is 31.5. The van der Waals surface area contributed by atoms with Gasteiger partial charge < -0.3 is 19.8 Å². The van der Waals surface area contributed by atoms with E-state index in [0.717, 1.165) is 11.1 Å². The molecule has 2 aromatic carbocycles. The Bertz CT molecular complexity index is 1700. The molecule has 3 heterocycles. The SMILES string of the molecule is CNC(=O)c1ccc2c(c1)CN(C(=O)C(CCn1cccc1C#N)NS(=O)(=O)c1cccc3[nH]ccc13)CC2. The van der Waals surface area contributed by atoms with E-state index in [9.17, 15) is 23.3 Å². The summed E-state index contributed by atoms with van der Waals surface area (Å²) in [7, 11) is -2.51. The molecular formula is C28H28N6O4S. The van der Waals surface area contributed by atoms with E-state index in [1.54, 1.807) is 71.4 Å². The van der Waals surface area contributed by atoms with Crippen LogP contribution in [0.15, 0.2) is 71.9 Å². The second kappa shape index (κ2) is 10.8. The molecule has 5 rings (SSSR count). The maximum Gasteiger partial charge on any atom is 0.251 e. The molecule has 3 N–H and O–H groups in total. The number of fused-ring (bicyclic) bond motifs is 2. The second-order valence-electron chi connectivity index (χ2n) is 9.43. The van der Waals surface area contributed by atoms with Gasteiger partial charge in [-0.15, -0.1) is 0 Å². The van der Waals surface area contributed by atoms with Crippen molar-refractivity contribution in [2.24, 2.45) is 0 Å². The van der Waals surface area contributed by atoms with Gasteiger partial charge in [-0.25, -0.2) is 8.42 Å². The van der Waals surface area contributed by atoms with Crippen LogP contribution in [0.4, 0.5) is 0 Å². The fourth-order valence-corrected chi connectivity index (χ4v) is 6.45. The Morgan fingerprint density at radius 1 is 1.13 bits per heavy atom. The van der Waals surface area contributed by atoms with E-state index < -0.39 is 16.1 Å². The highest BCUT2D eigenvalue weighted by atomic mass is 32.2. The van der Waals surface area contributed by atoms with Gasteiger partial charge in [0, 0.05) is 55.5 Å². The van der Waals surface area contributed by atoms with Gasteiger partial charge in [0.25, 0.3) is 5.91 Å². The maximum atomic E-state index is 13.9. The van der Waals surface area contributed by atoms with Crippen LogP contribution in [0.25, 0.3) is 10.9 Å². The number of carbonyl (C=O) groups is 2. The third kappa shape index (κ3) is 5.30. The lowest BCUT2D eigenvalue weighted by Gasteiger charge is -2.32. The van der Waals surface area contributed by atoms with E-state index in [4.69, 9.17) is 0 Å². The van der Waals surface area contributed by atoms with Crippen LogP contribution in [-0.4, -0.2) is 54.3 Å². The monoisotopic (exact) mass is 544 g/mol. The Morgan fingerprint density at radius 3 is 2.77 bits per heavy atom. The number of hydrogen-bond donors (Lipinski definition) is 3. The molecule has 11 heteroatoms. The number of H-pyrrole nitrogens is 1. The van der Waals surface area contributed by atoms with Gasteiger partial charge in [-0.2, -0.15) is 9.98 Å².